The van der Waals surface area contributed by atoms with Crippen molar-refractivity contribution >= 4 is 17.8 Å². The minimum Gasteiger partial charge on any atom is -0.378 e. The lowest BCUT2D eigenvalue weighted by atomic mass is 10.2. The predicted molar refractivity (Wildman–Crippen MR) is 88.2 cm³/mol. The highest BCUT2D eigenvalue weighted by atomic mass is 16.2. The van der Waals surface area contributed by atoms with Gasteiger partial charge in [-0.1, -0.05) is 12.1 Å². The number of hydrazone groups is 1. The molecule has 116 valence electrons. The van der Waals surface area contributed by atoms with Crippen LogP contribution in [0.25, 0.3) is 0 Å². The van der Waals surface area contributed by atoms with Crippen molar-refractivity contribution in [3.05, 3.63) is 47.3 Å². The van der Waals surface area contributed by atoms with E-state index in [0.717, 1.165) is 22.6 Å². The maximum atomic E-state index is 11.8. The number of hydrogen-bond donors (Lipinski definition) is 1. The molecule has 1 aromatic heterocycles. The minimum atomic E-state index is -0.202. The highest BCUT2D eigenvalue weighted by Gasteiger charge is 2.05. The molecule has 6 heteroatoms. The molecular weight excluding hydrogens is 278 g/mol. The van der Waals surface area contributed by atoms with E-state index in [4.69, 9.17) is 0 Å². The number of aryl methyl sites for hydroxylation is 2. The van der Waals surface area contributed by atoms with E-state index in [1.165, 1.54) is 0 Å². The third-order valence-electron chi connectivity index (χ3n) is 3.21. The van der Waals surface area contributed by atoms with E-state index in [-0.39, 0.29) is 12.5 Å². The van der Waals surface area contributed by atoms with Crippen molar-refractivity contribution in [2.45, 2.75) is 20.4 Å². The summed E-state index contributed by atoms with van der Waals surface area (Å²) in [5.41, 5.74) is 6.41. The van der Waals surface area contributed by atoms with E-state index in [2.05, 4.69) is 15.6 Å². The van der Waals surface area contributed by atoms with Crippen LogP contribution in [0.5, 0.6) is 0 Å². The standard InChI is InChI=1S/C16H21N5O/c1-12-9-13(2)21(19-12)11-16(22)18-17-10-14-5-7-15(8-6-14)20(3)4/h5-10H,11H2,1-4H3,(H,18,22)/b17-10-. The Balaban J connectivity index is 1.89. The SMILES string of the molecule is Cc1cc(C)n(CC(=O)N/N=C\c2ccc(N(C)C)cc2)n1. The number of rotatable bonds is 5. The Morgan fingerprint density at radius 3 is 2.55 bits per heavy atom. The molecule has 2 aromatic rings. The average Bonchev–Trinajstić information content (AvgIpc) is 2.77. The zero-order valence-electron chi connectivity index (χ0n) is 13.4. The molecule has 0 saturated carbocycles. The number of nitrogens with one attached hydrogen (secondary N) is 1. The molecule has 22 heavy (non-hydrogen) atoms. The first-order valence-electron chi connectivity index (χ1n) is 7.06. The van der Waals surface area contributed by atoms with Crippen LogP contribution in [-0.4, -0.2) is 36.0 Å². The Hall–Kier alpha value is -2.63. The normalized spacial score (nSPS) is 10.9. The Kier molecular flexibility index (Phi) is 4.93. The number of nitrogens with zero attached hydrogens (tertiary/aromatic N) is 4. The molecule has 0 aliphatic rings. The van der Waals surface area contributed by atoms with Gasteiger partial charge < -0.3 is 4.90 Å². The van der Waals surface area contributed by atoms with E-state index in [0.29, 0.717) is 0 Å². The van der Waals surface area contributed by atoms with Gasteiger partial charge in [0.05, 0.1) is 11.9 Å². The lowest BCUT2D eigenvalue weighted by molar-refractivity contribution is -0.121. The van der Waals surface area contributed by atoms with E-state index < -0.39 is 0 Å². The number of aromatic nitrogens is 2. The van der Waals surface area contributed by atoms with Gasteiger partial charge in [-0.2, -0.15) is 10.2 Å². The summed E-state index contributed by atoms with van der Waals surface area (Å²) >= 11 is 0. The third-order valence-corrected chi connectivity index (χ3v) is 3.21. The van der Waals surface area contributed by atoms with E-state index in [1.807, 2.05) is 63.2 Å². The largest absolute Gasteiger partial charge is 0.378 e. The van der Waals surface area contributed by atoms with Crippen LogP contribution in [0.2, 0.25) is 0 Å². The molecule has 6 nitrogen and oxygen atoms in total. The van der Waals surface area contributed by atoms with Crippen LogP contribution in [0.15, 0.2) is 35.4 Å². The number of amides is 1. The summed E-state index contributed by atoms with van der Waals surface area (Å²) in [6, 6.07) is 9.83. The molecule has 0 spiro atoms. The number of carbonyl (C=O) groups excluding carboxylic acids is 1. The van der Waals surface area contributed by atoms with Crippen LogP contribution in [-0.2, 0) is 11.3 Å². The molecule has 0 atom stereocenters. The Labute approximate surface area is 130 Å². The van der Waals surface area contributed by atoms with Crippen LogP contribution in [0, 0.1) is 13.8 Å². The maximum absolute atomic E-state index is 11.8. The monoisotopic (exact) mass is 299 g/mol. The highest BCUT2D eigenvalue weighted by molar-refractivity contribution is 5.82. The van der Waals surface area contributed by atoms with Gasteiger partial charge in [-0.3, -0.25) is 9.48 Å². The summed E-state index contributed by atoms with van der Waals surface area (Å²) in [6.07, 6.45) is 1.62. The van der Waals surface area contributed by atoms with Gasteiger partial charge in [0, 0.05) is 25.5 Å². The molecule has 0 aliphatic heterocycles. The van der Waals surface area contributed by atoms with Crippen molar-refractivity contribution in [2.75, 3.05) is 19.0 Å². The molecule has 0 saturated heterocycles. The van der Waals surface area contributed by atoms with Crippen LogP contribution in [0.3, 0.4) is 0 Å². The maximum Gasteiger partial charge on any atom is 0.261 e. The number of anilines is 1. The summed E-state index contributed by atoms with van der Waals surface area (Å²) in [4.78, 5) is 13.8. The molecule has 0 radical (unpaired) electrons. The van der Waals surface area contributed by atoms with Gasteiger partial charge in [-0.05, 0) is 37.6 Å². The second-order valence-corrected chi connectivity index (χ2v) is 5.36. The Bertz CT molecular complexity index is 670. The first kappa shape index (κ1) is 15.8. The number of benzene rings is 1. The summed E-state index contributed by atoms with van der Waals surface area (Å²) in [7, 11) is 3.98. The lowest BCUT2D eigenvalue weighted by Crippen LogP contribution is -2.24. The first-order valence-corrected chi connectivity index (χ1v) is 7.06. The molecule has 0 bridgehead atoms. The van der Waals surface area contributed by atoms with Gasteiger partial charge in [0.1, 0.15) is 6.54 Å². The fourth-order valence-corrected chi connectivity index (χ4v) is 2.04. The van der Waals surface area contributed by atoms with Gasteiger partial charge in [0.2, 0.25) is 0 Å². The van der Waals surface area contributed by atoms with Crippen molar-refractivity contribution in [3.63, 3.8) is 0 Å². The number of hydrogen-bond acceptors (Lipinski definition) is 4. The molecule has 0 aliphatic carbocycles. The second kappa shape index (κ2) is 6.89. The highest BCUT2D eigenvalue weighted by Crippen LogP contribution is 2.10. The van der Waals surface area contributed by atoms with Crippen molar-refractivity contribution in [2.24, 2.45) is 5.10 Å². The summed E-state index contributed by atoms with van der Waals surface area (Å²) < 4.78 is 1.66. The van der Waals surface area contributed by atoms with E-state index in [9.17, 15) is 4.79 Å². The average molecular weight is 299 g/mol. The Morgan fingerprint density at radius 2 is 2.00 bits per heavy atom. The number of carbonyl (C=O) groups is 1. The zero-order chi connectivity index (χ0) is 16.1. The summed E-state index contributed by atoms with van der Waals surface area (Å²) in [6.45, 7) is 3.98. The van der Waals surface area contributed by atoms with Gasteiger partial charge >= 0.3 is 0 Å². The van der Waals surface area contributed by atoms with Gasteiger partial charge in [0.15, 0.2) is 0 Å². The minimum absolute atomic E-state index is 0.163. The topological polar surface area (TPSA) is 62.5 Å². The van der Waals surface area contributed by atoms with Gasteiger partial charge in [-0.25, -0.2) is 5.43 Å². The Morgan fingerprint density at radius 1 is 1.32 bits per heavy atom. The first-order chi connectivity index (χ1) is 10.5. The van der Waals surface area contributed by atoms with Crippen LogP contribution in [0.1, 0.15) is 17.0 Å². The van der Waals surface area contributed by atoms with Gasteiger partial charge in [-0.15, -0.1) is 0 Å². The van der Waals surface area contributed by atoms with Crippen molar-refractivity contribution < 1.29 is 4.79 Å². The van der Waals surface area contributed by atoms with Crippen molar-refractivity contribution in [1.82, 2.24) is 15.2 Å². The molecule has 0 fully saturated rings. The molecule has 2 rings (SSSR count). The third kappa shape index (κ3) is 4.18. The quantitative estimate of drug-likeness (QED) is 0.675. The molecular formula is C16H21N5O. The smallest absolute Gasteiger partial charge is 0.261 e. The second-order valence-electron chi connectivity index (χ2n) is 5.36. The van der Waals surface area contributed by atoms with Crippen LogP contribution < -0.4 is 10.3 Å². The molecule has 1 N–H and O–H groups in total. The summed E-state index contributed by atoms with van der Waals surface area (Å²) in [5, 5.41) is 8.21. The fraction of sp³-hybridized carbons (Fsp3) is 0.312. The zero-order valence-corrected chi connectivity index (χ0v) is 13.4. The van der Waals surface area contributed by atoms with Crippen molar-refractivity contribution in [1.29, 1.82) is 0 Å². The summed E-state index contributed by atoms with van der Waals surface area (Å²) in [5.74, 6) is -0.202. The van der Waals surface area contributed by atoms with Crippen LogP contribution in [0.4, 0.5) is 5.69 Å². The lowest BCUT2D eigenvalue weighted by Gasteiger charge is -2.11. The molecule has 0 unspecified atom stereocenters. The molecule has 1 amide bonds. The molecule has 1 heterocycles. The van der Waals surface area contributed by atoms with E-state index in [1.54, 1.807) is 10.9 Å². The van der Waals surface area contributed by atoms with Crippen LogP contribution >= 0.6 is 0 Å². The van der Waals surface area contributed by atoms with E-state index >= 15 is 0 Å². The van der Waals surface area contributed by atoms with Gasteiger partial charge in [0.25, 0.3) is 5.91 Å². The predicted octanol–water partition coefficient (Wildman–Crippen LogP) is 1.72. The molecule has 1 aromatic carbocycles. The fourth-order valence-electron chi connectivity index (χ4n) is 2.04. The van der Waals surface area contributed by atoms with Crippen molar-refractivity contribution in [3.8, 4) is 0 Å².